The van der Waals surface area contributed by atoms with Crippen LogP contribution < -0.4 is 11.2 Å². The second-order valence-corrected chi connectivity index (χ2v) is 3.94. The fourth-order valence-electron chi connectivity index (χ4n) is 1.83. The minimum absolute atomic E-state index is 0.751. The van der Waals surface area contributed by atoms with Gasteiger partial charge in [0, 0.05) is 20.1 Å². The lowest BCUT2D eigenvalue weighted by Gasteiger charge is -2.20. The number of guanidine groups is 1. The molecule has 0 aromatic carbocycles. The van der Waals surface area contributed by atoms with Gasteiger partial charge < -0.3 is 16.1 Å². The first-order valence-electron chi connectivity index (χ1n) is 4.89. The van der Waals surface area contributed by atoms with E-state index in [2.05, 4.69) is 29.2 Å². The minimum atomic E-state index is 0.751. The smallest absolute Gasteiger partial charge is 0.215 e. The van der Waals surface area contributed by atoms with Crippen molar-refractivity contribution in [1.29, 1.82) is 0 Å². The molecule has 13 heavy (non-hydrogen) atoms. The quantitative estimate of drug-likeness (QED) is 0.269. The molecular formula is C9H20N4. The molecule has 0 aromatic heterocycles. The van der Waals surface area contributed by atoms with Gasteiger partial charge in [-0.1, -0.05) is 13.8 Å². The second-order valence-electron chi connectivity index (χ2n) is 3.94. The van der Waals surface area contributed by atoms with Gasteiger partial charge in [-0.3, -0.25) is 0 Å². The topological polar surface area (TPSA) is 53.6 Å². The standard InChI is InChI=1S/C9H20N4/c1-7(2)8-4-5-13(6-8)9(11-3)12-10/h7-8H,4-6,10H2,1-3H3,(H,11,12)/t8-/m0/s1. The summed E-state index contributed by atoms with van der Waals surface area (Å²) in [4.78, 5) is 2.21. The van der Waals surface area contributed by atoms with Crippen molar-refractivity contribution >= 4 is 5.96 Å². The van der Waals surface area contributed by atoms with E-state index in [1.807, 2.05) is 7.05 Å². The van der Waals surface area contributed by atoms with Crippen LogP contribution in [-0.4, -0.2) is 31.0 Å². The van der Waals surface area contributed by atoms with Crippen LogP contribution in [0.5, 0.6) is 0 Å². The van der Waals surface area contributed by atoms with Gasteiger partial charge in [-0.25, -0.2) is 0 Å². The van der Waals surface area contributed by atoms with Gasteiger partial charge in [-0.15, -0.1) is 5.10 Å². The molecule has 1 heterocycles. The zero-order valence-corrected chi connectivity index (χ0v) is 8.75. The first kappa shape index (κ1) is 10.2. The van der Waals surface area contributed by atoms with Crippen molar-refractivity contribution in [3.8, 4) is 0 Å². The SMILES string of the molecule is CN/C(=N\N)N1CC[C@H](C(C)C)C1. The molecule has 0 spiro atoms. The van der Waals surface area contributed by atoms with E-state index in [0.29, 0.717) is 0 Å². The van der Waals surface area contributed by atoms with E-state index in [9.17, 15) is 0 Å². The zero-order valence-electron chi connectivity index (χ0n) is 8.75. The van der Waals surface area contributed by atoms with Crippen molar-refractivity contribution in [2.45, 2.75) is 20.3 Å². The average molecular weight is 184 g/mol. The molecular weight excluding hydrogens is 164 g/mol. The van der Waals surface area contributed by atoms with Crippen molar-refractivity contribution in [1.82, 2.24) is 10.2 Å². The lowest BCUT2D eigenvalue weighted by molar-refractivity contribution is 0.385. The summed E-state index contributed by atoms with van der Waals surface area (Å²) in [7, 11) is 1.86. The summed E-state index contributed by atoms with van der Waals surface area (Å²) in [5, 5.41) is 6.72. The summed E-state index contributed by atoms with van der Waals surface area (Å²) in [6.45, 7) is 6.69. The molecule has 3 N–H and O–H groups in total. The monoisotopic (exact) mass is 184 g/mol. The van der Waals surface area contributed by atoms with E-state index in [0.717, 1.165) is 30.9 Å². The van der Waals surface area contributed by atoms with Gasteiger partial charge in [0.15, 0.2) is 0 Å². The maximum atomic E-state index is 5.27. The molecule has 0 unspecified atom stereocenters. The summed E-state index contributed by atoms with van der Waals surface area (Å²) in [6, 6.07) is 0. The summed E-state index contributed by atoms with van der Waals surface area (Å²) >= 11 is 0. The van der Waals surface area contributed by atoms with Crippen LogP contribution in [0.1, 0.15) is 20.3 Å². The third kappa shape index (κ3) is 2.26. The summed E-state index contributed by atoms with van der Waals surface area (Å²) in [5.74, 6) is 7.61. The normalized spacial score (nSPS) is 24.2. The Labute approximate surface area is 80.2 Å². The maximum absolute atomic E-state index is 5.27. The number of hydrogen-bond donors (Lipinski definition) is 2. The first-order valence-corrected chi connectivity index (χ1v) is 4.89. The van der Waals surface area contributed by atoms with E-state index < -0.39 is 0 Å². The van der Waals surface area contributed by atoms with E-state index in [-0.39, 0.29) is 0 Å². The molecule has 0 saturated carbocycles. The molecule has 4 nitrogen and oxygen atoms in total. The van der Waals surface area contributed by atoms with Crippen LogP contribution in [0.4, 0.5) is 0 Å². The molecule has 76 valence electrons. The highest BCUT2D eigenvalue weighted by Gasteiger charge is 2.26. The van der Waals surface area contributed by atoms with Gasteiger partial charge in [-0.05, 0) is 18.3 Å². The number of likely N-dealkylation sites (tertiary alicyclic amines) is 1. The Bertz CT molecular complexity index is 188. The summed E-state index contributed by atoms with van der Waals surface area (Å²) < 4.78 is 0. The molecule has 1 rings (SSSR count). The van der Waals surface area contributed by atoms with Crippen molar-refractivity contribution in [3.05, 3.63) is 0 Å². The van der Waals surface area contributed by atoms with Crippen LogP contribution in [0.15, 0.2) is 5.10 Å². The number of nitrogens with two attached hydrogens (primary N) is 1. The Balaban J connectivity index is 2.49. The van der Waals surface area contributed by atoms with Gasteiger partial charge in [0.25, 0.3) is 0 Å². The number of nitrogens with zero attached hydrogens (tertiary/aromatic N) is 2. The van der Waals surface area contributed by atoms with E-state index in [1.54, 1.807) is 0 Å². The summed E-state index contributed by atoms with van der Waals surface area (Å²) in [5.41, 5.74) is 0. The predicted octanol–water partition coefficient (Wildman–Crippen LogP) is 0.413. The van der Waals surface area contributed by atoms with Gasteiger partial charge in [0.05, 0.1) is 0 Å². The highest BCUT2D eigenvalue weighted by atomic mass is 15.4. The molecule has 0 amide bonds. The minimum Gasteiger partial charge on any atom is -0.358 e. The van der Waals surface area contributed by atoms with Crippen molar-refractivity contribution in [3.63, 3.8) is 0 Å². The fraction of sp³-hybridized carbons (Fsp3) is 0.889. The average Bonchev–Trinajstić information content (AvgIpc) is 2.56. The number of nitrogens with one attached hydrogen (secondary N) is 1. The van der Waals surface area contributed by atoms with Gasteiger partial charge in [0.1, 0.15) is 0 Å². The van der Waals surface area contributed by atoms with Gasteiger partial charge in [-0.2, -0.15) is 0 Å². The van der Waals surface area contributed by atoms with Crippen LogP contribution in [0.3, 0.4) is 0 Å². The number of hydrazone groups is 1. The molecule has 1 aliphatic heterocycles. The van der Waals surface area contributed by atoms with Crippen molar-refractivity contribution < 1.29 is 0 Å². The Morgan fingerprint density at radius 2 is 2.31 bits per heavy atom. The lowest BCUT2D eigenvalue weighted by Crippen LogP contribution is -2.39. The van der Waals surface area contributed by atoms with Crippen LogP contribution in [0.2, 0.25) is 0 Å². The van der Waals surface area contributed by atoms with E-state index >= 15 is 0 Å². The van der Waals surface area contributed by atoms with Crippen LogP contribution >= 0.6 is 0 Å². The number of hydrogen-bond acceptors (Lipinski definition) is 2. The molecule has 0 bridgehead atoms. The summed E-state index contributed by atoms with van der Waals surface area (Å²) in [6.07, 6.45) is 1.25. The Hall–Kier alpha value is -0.930. The second kappa shape index (κ2) is 4.35. The lowest BCUT2D eigenvalue weighted by atomic mass is 9.95. The zero-order chi connectivity index (χ0) is 9.84. The molecule has 1 fully saturated rings. The Morgan fingerprint density at radius 3 is 2.69 bits per heavy atom. The molecule has 0 aliphatic carbocycles. The van der Waals surface area contributed by atoms with E-state index in [1.165, 1.54) is 6.42 Å². The third-order valence-electron chi connectivity index (χ3n) is 2.81. The first-order chi connectivity index (χ1) is 6.19. The van der Waals surface area contributed by atoms with Crippen molar-refractivity contribution in [2.75, 3.05) is 20.1 Å². The Kier molecular flexibility index (Phi) is 3.39. The van der Waals surface area contributed by atoms with Crippen molar-refractivity contribution in [2.24, 2.45) is 22.8 Å². The molecule has 4 heteroatoms. The third-order valence-corrected chi connectivity index (χ3v) is 2.81. The molecule has 0 radical (unpaired) electrons. The molecule has 1 atom stereocenters. The molecule has 1 aliphatic rings. The molecule has 0 aromatic rings. The fourth-order valence-corrected chi connectivity index (χ4v) is 1.83. The van der Waals surface area contributed by atoms with Gasteiger partial charge >= 0.3 is 0 Å². The largest absolute Gasteiger partial charge is 0.358 e. The van der Waals surface area contributed by atoms with E-state index in [4.69, 9.17) is 5.84 Å². The highest BCUT2D eigenvalue weighted by Crippen LogP contribution is 2.23. The predicted molar refractivity (Wildman–Crippen MR) is 55.2 cm³/mol. The van der Waals surface area contributed by atoms with Crippen LogP contribution in [0, 0.1) is 11.8 Å². The van der Waals surface area contributed by atoms with Crippen LogP contribution in [0.25, 0.3) is 0 Å². The maximum Gasteiger partial charge on any atom is 0.215 e. The Morgan fingerprint density at radius 1 is 1.62 bits per heavy atom. The number of rotatable bonds is 1. The van der Waals surface area contributed by atoms with Gasteiger partial charge in [0.2, 0.25) is 5.96 Å². The highest BCUT2D eigenvalue weighted by molar-refractivity contribution is 5.79. The molecule has 1 saturated heterocycles. The van der Waals surface area contributed by atoms with Crippen LogP contribution in [-0.2, 0) is 0 Å².